The summed E-state index contributed by atoms with van der Waals surface area (Å²) in [6.07, 6.45) is -4.12. The fraction of sp³-hybridized carbons (Fsp3) is 0.304. The van der Waals surface area contributed by atoms with E-state index in [-0.39, 0.29) is 26.4 Å². The lowest BCUT2D eigenvalue weighted by molar-refractivity contribution is -0.219. The summed E-state index contributed by atoms with van der Waals surface area (Å²) in [6.45, 7) is 5.72. The number of rotatable bonds is 21. The van der Waals surface area contributed by atoms with E-state index >= 15 is 4.21 Å². The molecule has 1 aliphatic heterocycles. The Kier molecular flexibility index (Phi) is 15.8. The topological polar surface area (TPSA) is 81.7 Å². The molecule has 8 nitrogen and oxygen atoms in total. The van der Waals surface area contributed by atoms with Crippen LogP contribution in [0.25, 0.3) is 0 Å². The van der Waals surface area contributed by atoms with Gasteiger partial charge < -0.3 is 33.2 Å². The molecular weight excluding hydrogens is 713 g/mol. The van der Waals surface area contributed by atoms with Crippen molar-refractivity contribution in [1.82, 2.24) is 0 Å². The number of benzene rings is 5. The molecule has 0 amide bonds. The Labute approximate surface area is 327 Å². The first-order valence-electron chi connectivity index (χ1n) is 18.8. The zero-order valence-electron chi connectivity index (χ0n) is 31.4. The van der Waals surface area contributed by atoms with Crippen LogP contribution in [0.1, 0.15) is 36.1 Å². The Morgan fingerprint density at radius 1 is 0.564 bits per heavy atom. The van der Waals surface area contributed by atoms with Crippen LogP contribution in [0.5, 0.6) is 0 Å². The summed E-state index contributed by atoms with van der Waals surface area (Å²) in [5, 5.41) is 0. The van der Waals surface area contributed by atoms with Crippen molar-refractivity contribution < 1.29 is 37.4 Å². The molecule has 5 aromatic carbocycles. The summed E-state index contributed by atoms with van der Waals surface area (Å²) in [4.78, 5) is 0.973. The second-order valence-corrected chi connectivity index (χ2v) is 14.4. The molecule has 0 fully saturated rings. The summed E-state index contributed by atoms with van der Waals surface area (Å²) in [7, 11) is -1.78. The fourth-order valence-corrected chi connectivity index (χ4v) is 7.74. The molecule has 0 saturated heterocycles. The van der Waals surface area contributed by atoms with Gasteiger partial charge in [-0.2, -0.15) is 0 Å². The van der Waals surface area contributed by atoms with Gasteiger partial charge in [-0.1, -0.05) is 140 Å². The molecule has 5 atom stereocenters. The zero-order valence-corrected chi connectivity index (χ0v) is 32.3. The summed E-state index contributed by atoms with van der Waals surface area (Å²) < 4.78 is 61.5. The molecule has 1 heterocycles. The van der Waals surface area contributed by atoms with E-state index in [1.54, 1.807) is 0 Å². The highest BCUT2D eigenvalue weighted by Gasteiger charge is 2.48. The molecule has 55 heavy (non-hydrogen) atoms. The van der Waals surface area contributed by atoms with Crippen molar-refractivity contribution >= 4 is 10.8 Å². The molecule has 1 aliphatic rings. The largest absolute Gasteiger partial charge is 0.485 e. The Hall–Kier alpha value is -4.45. The molecule has 0 aliphatic carbocycles. The Balaban J connectivity index is 1.49. The standard InChI is InChI=1S/C46H50O8S/c1-3-49-46(50-4-2)44(53-33-38-26-16-8-17-27-38)43-45(55(47)39-28-18-9-19-29-39)42(52-32-37-24-14-7-15-25-37)41(51-31-36-22-12-6-13-23-36)40(54-43)34-48-30-35-20-10-5-11-21-35/h5-29,40-42,44,46H,3-4,30-34H2,1-2H3/t40-,41+,42+,44-,55?/m1/s1. The van der Waals surface area contributed by atoms with E-state index in [9.17, 15) is 0 Å². The summed E-state index contributed by atoms with van der Waals surface area (Å²) in [5.41, 5.74) is 3.91. The first-order valence-corrected chi connectivity index (χ1v) is 20.0. The van der Waals surface area contributed by atoms with Gasteiger partial charge in [-0.05, 0) is 48.2 Å². The van der Waals surface area contributed by atoms with E-state index in [4.69, 9.17) is 33.2 Å². The van der Waals surface area contributed by atoms with Crippen LogP contribution in [-0.4, -0.2) is 54.7 Å². The highest BCUT2D eigenvalue weighted by molar-refractivity contribution is 7.89. The third kappa shape index (κ3) is 11.5. The number of hydrogen-bond donors (Lipinski definition) is 0. The van der Waals surface area contributed by atoms with Crippen LogP contribution >= 0.6 is 0 Å². The van der Waals surface area contributed by atoms with Crippen molar-refractivity contribution in [1.29, 1.82) is 0 Å². The van der Waals surface area contributed by atoms with Crippen molar-refractivity contribution in [2.75, 3.05) is 19.8 Å². The van der Waals surface area contributed by atoms with Gasteiger partial charge in [0.2, 0.25) is 0 Å². The monoisotopic (exact) mass is 762 g/mol. The lowest BCUT2D eigenvalue weighted by atomic mass is 10.0. The van der Waals surface area contributed by atoms with Crippen LogP contribution < -0.4 is 0 Å². The van der Waals surface area contributed by atoms with E-state index in [1.807, 2.05) is 166 Å². The Morgan fingerprint density at radius 2 is 1.02 bits per heavy atom. The first kappa shape index (κ1) is 40.2. The molecule has 0 N–H and O–H groups in total. The predicted octanol–water partition coefficient (Wildman–Crippen LogP) is 8.78. The SMILES string of the molecule is CCOC(OCC)[C@H](OCc1ccccc1)C1=C(S(=O)c2ccccc2)[C@@H](OCc2ccccc2)[C@@H](OCc2ccccc2)[C@@H](COCc2ccccc2)O1. The van der Waals surface area contributed by atoms with Crippen molar-refractivity contribution in [2.24, 2.45) is 0 Å². The highest BCUT2D eigenvalue weighted by atomic mass is 32.2. The molecule has 1 unspecified atom stereocenters. The van der Waals surface area contributed by atoms with Crippen LogP contribution in [0.4, 0.5) is 0 Å². The van der Waals surface area contributed by atoms with Crippen molar-refractivity contribution in [3.05, 3.63) is 185 Å². The highest BCUT2D eigenvalue weighted by Crippen LogP contribution is 2.38. The minimum Gasteiger partial charge on any atom is -0.485 e. The normalized spacial score (nSPS) is 18.2. The van der Waals surface area contributed by atoms with E-state index in [0.29, 0.717) is 35.4 Å². The van der Waals surface area contributed by atoms with Crippen LogP contribution in [0, 0.1) is 0 Å². The van der Waals surface area contributed by atoms with Gasteiger partial charge in [0.25, 0.3) is 0 Å². The number of ether oxygens (including phenoxy) is 7. The van der Waals surface area contributed by atoms with E-state index < -0.39 is 41.5 Å². The minimum absolute atomic E-state index is 0.146. The molecule has 6 rings (SSSR count). The third-order valence-electron chi connectivity index (χ3n) is 8.99. The number of hydrogen-bond acceptors (Lipinski definition) is 8. The molecule has 9 heteroatoms. The van der Waals surface area contributed by atoms with Gasteiger partial charge in [0.05, 0.1) is 48.7 Å². The molecule has 0 spiro atoms. The maximum atomic E-state index is 15.1. The molecular formula is C46H50O8S. The lowest BCUT2D eigenvalue weighted by Crippen LogP contribution is -2.53. The summed E-state index contributed by atoms with van der Waals surface area (Å²) in [5.74, 6) is 0.316. The molecule has 0 bridgehead atoms. The van der Waals surface area contributed by atoms with Crippen molar-refractivity contribution in [3.8, 4) is 0 Å². The first-order chi connectivity index (χ1) is 27.1. The van der Waals surface area contributed by atoms with Gasteiger partial charge in [-0.25, -0.2) is 4.21 Å². The third-order valence-corrected chi connectivity index (χ3v) is 10.5. The molecule has 288 valence electrons. The van der Waals surface area contributed by atoms with Gasteiger partial charge in [0.15, 0.2) is 18.5 Å². The zero-order chi connectivity index (χ0) is 38.1. The van der Waals surface area contributed by atoms with Gasteiger partial charge in [-0.3, -0.25) is 0 Å². The van der Waals surface area contributed by atoms with Crippen molar-refractivity contribution in [3.63, 3.8) is 0 Å². The van der Waals surface area contributed by atoms with E-state index in [2.05, 4.69) is 0 Å². The average Bonchev–Trinajstić information content (AvgIpc) is 3.24. The van der Waals surface area contributed by atoms with Crippen LogP contribution in [0.2, 0.25) is 0 Å². The van der Waals surface area contributed by atoms with Crippen LogP contribution in [-0.2, 0) is 70.4 Å². The van der Waals surface area contributed by atoms with Crippen LogP contribution in [0.3, 0.4) is 0 Å². The van der Waals surface area contributed by atoms with E-state index in [1.165, 1.54) is 0 Å². The Morgan fingerprint density at radius 3 is 1.53 bits per heavy atom. The molecule has 0 radical (unpaired) electrons. The minimum atomic E-state index is -1.78. The van der Waals surface area contributed by atoms with Gasteiger partial charge in [-0.15, -0.1) is 0 Å². The van der Waals surface area contributed by atoms with E-state index in [0.717, 1.165) is 22.3 Å². The Bertz CT molecular complexity index is 1870. The second-order valence-electron chi connectivity index (χ2n) is 12.9. The molecule has 0 aromatic heterocycles. The maximum absolute atomic E-state index is 15.1. The van der Waals surface area contributed by atoms with Crippen molar-refractivity contribution in [2.45, 2.75) is 75.9 Å². The second kappa shape index (κ2) is 21.6. The summed E-state index contributed by atoms with van der Waals surface area (Å²) >= 11 is 0. The van der Waals surface area contributed by atoms with Gasteiger partial charge in [0.1, 0.15) is 18.0 Å². The van der Waals surface area contributed by atoms with Gasteiger partial charge in [0, 0.05) is 18.1 Å². The maximum Gasteiger partial charge on any atom is 0.191 e. The van der Waals surface area contributed by atoms with Crippen LogP contribution in [0.15, 0.2) is 167 Å². The molecule has 5 aromatic rings. The smallest absolute Gasteiger partial charge is 0.191 e. The average molecular weight is 763 g/mol. The predicted molar refractivity (Wildman–Crippen MR) is 213 cm³/mol. The quantitative estimate of drug-likeness (QED) is 0.0687. The summed E-state index contributed by atoms with van der Waals surface area (Å²) in [6, 6.07) is 49.0. The molecule has 0 saturated carbocycles. The fourth-order valence-electron chi connectivity index (χ4n) is 6.33. The van der Waals surface area contributed by atoms with Gasteiger partial charge >= 0.3 is 0 Å². The lowest BCUT2D eigenvalue weighted by Gasteiger charge is -2.42.